The molecule has 2 rings (SSSR count). The molecule has 1 aliphatic heterocycles. The average Bonchev–Trinajstić information content (AvgIpc) is 2.22. The summed E-state index contributed by atoms with van der Waals surface area (Å²) in [6.07, 6.45) is 2.39. The zero-order chi connectivity index (χ0) is 10.8. The number of hydrogen-bond acceptors (Lipinski definition) is 2. The van der Waals surface area contributed by atoms with E-state index < -0.39 is 0 Å². The largest absolute Gasteiger partial charge is 0.508 e. The Morgan fingerprint density at radius 1 is 1.38 bits per heavy atom. The summed E-state index contributed by atoms with van der Waals surface area (Å²) in [5.74, 6) is 1.00. The molecule has 16 heavy (non-hydrogen) atoms. The van der Waals surface area contributed by atoms with Gasteiger partial charge in [-0.2, -0.15) is 0 Å². The van der Waals surface area contributed by atoms with Crippen LogP contribution >= 0.6 is 12.4 Å². The first kappa shape index (κ1) is 13.3. The number of benzene rings is 1. The number of phenolic OH excluding ortho intramolecular Hbond substituents is 1. The van der Waals surface area contributed by atoms with Gasteiger partial charge in [-0.1, -0.05) is 12.1 Å². The summed E-state index contributed by atoms with van der Waals surface area (Å²) < 4.78 is 0. The van der Waals surface area contributed by atoms with E-state index in [2.05, 4.69) is 24.9 Å². The van der Waals surface area contributed by atoms with Crippen molar-refractivity contribution in [3.05, 3.63) is 29.8 Å². The minimum Gasteiger partial charge on any atom is -0.508 e. The van der Waals surface area contributed by atoms with E-state index in [1.165, 1.54) is 18.4 Å². The molecule has 1 heterocycles. The molecule has 2 unspecified atom stereocenters. The highest BCUT2D eigenvalue weighted by atomic mass is 35.5. The van der Waals surface area contributed by atoms with E-state index >= 15 is 0 Å². The van der Waals surface area contributed by atoms with E-state index in [0.717, 1.165) is 6.54 Å². The summed E-state index contributed by atoms with van der Waals surface area (Å²) in [5, 5.41) is 9.45. The Morgan fingerprint density at radius 3 is 2.75 bits per heavy atom. The Morgan fingerprint density at radius 2 is 2.12 bits per heavy atom. The van der Waals surface area contributed by atoms with Gasteiger partial charge in [-0.05, 0) is 57.0 Å². The molecule has 2 atom stereocenters. The molecule has 0 spiro atoms. The maximum atomic E-state index is 9.45. The van der Waals surface area contributed by atoms with Crippen LogP contribution in [0, 0.1) is 0 Å². The van der Waals surface area contributed by atoms with E-state index in [-0.39, 0.29) is 12.4 Å². The number of nitrogens with zero attached hydrogens (tertiary/aromatic N) is 1. The molecule has 1 aromatic rings. The van der Waals surface area contributed by atoms with Gasteiger partial charge in [0.15, 0.2) is 0 Å². The second-order valence-corrected chi connectivity index (χ2v) is 4.65. The van der Waals surface area contributed by atoms with Crippen LogP contribution in [0.25, 0.3) is 0 Å². The predicted molar refractivity (Wildman–Crippen MR) is 69.4 cm³/mol. The smallest absolute Gasteiger partial charge is 0.115 e. The van der Waals surface area contributed by atoms with E-state index in [0.29, 0.717) is 17.7 Å². The number of aromatic hydroxyl groups is 1. The van der Waals surface area contributed by atoms with E-state index in [9.17, 15) is 5.11 Å². The normalized spacial score (nSPS) is 26.1. The lowest BCUT2D eigenvalue weighted by atomic mass is 9.86. The molecule has 0 saturated carbocycles. The van der Waals surface area contributed by atoms with Crippen LogP contribution in [0.15, 0.2) is 24.3 Å². The number of likely N-dealkylation sites (tertiary alicyclic amines) is 1. The Bertz CT molecular complexity index is 342. The summed E-state index contributed by atoms with van der Waals surface area (Å²) in [4.78, 5) is 2.40. The lowest BCUT2D eigenvalue weighted by Gasteiger charge is -2.35. The van der Waals surface area contributed by atoms with Gasteiger partial charge in [0.05, 0.1) is 0 Å². The maximum Gasteiger partial charge on any atom is 0.115 e. The predicted octanol–water partition coefficient (Wildman–Crippen LogP) is 3.01. The van der Waals surface area contributed by atoms with Gasteiger partial charge in [-0.25, -0.2) is 0 Å². The van der Waals surface area contributed by atoms with Gasteiger partial charge >= 0.3 is 0 Å². The van der Waals surface area contributed by atoms with Crippen molar-refractivity contribution in [3.8, 4) is 5.75 Å². The zero-order valence-electron chi connectivity index (χ0n) is 9.89. The fourth-order valence-electron chi connectivity index (χ4n) is 2.37. The molecule has 1 aromatic carbocycles. The van der Waals surface area contributed by atoms with Gasteiger partial charge in [0.25, 0.3) is 0 Å². The summed E-state index contributed by atoms with van der Waals surface area (Å²) >= 11 is 0. The molecular weight excluding hydrogens is 222 g/mol. The first-order chi connectivity index (χ1) is 7.16. The van der Waals surface area contributed by atoms with E-state index in [4.69, 9.17) is 0 Å². The third-order valence-corrected chi connectivity index (χ3v) is 3.55. The van der Waals surface area contributed by atoms with Crippen molar-refractivity contribution < 1.29 is 5.11 Å². The number of phenols is 1. The summed E-state index contributed by atoms with van der Waals surface area (Å²) in [5.41, 5.74) is 1.29. The minimum absolute atomic E-state index is 0. The van der Waals surface area contributed by atoms with Gasteiger partial charge in [-0.15, -0.1) is 12.4 Å². The van der Waals surface area contributed by atoms with Crippen LogP contribution in [-0.4, -0.2) is 29.6 Å². The standard InChI is InChI=1S/C13H19NO.ClH/c1-10-8-12(6-7-14(10)2)11-4-3-5-13(15)9-11;/h3-5,9-10,12,15H,6-8H2,1-2H3;1H. The number of piperidine rings is 1. The molecule has 3 heteroatoms. The minimum atomic E-state index is 0. The quantitative estimate of drug-likeness (QED) is 0.817. The van der Waals surface area contributed by atoms with Crippen molar-refractivity contribution in [1.82, 2.24) is 4.90 Å². The second kappa shape index (κ2) is 5.55. The van der Waals surface area contributed by atoms with Crippen LogP contribution in [-0.2, 0) is 0 Å². The highest BCUT2D eigenvalue weighted by Gasteiger charge is 2.23. The number of hydrogen-bond donors (Lipinski definition) is 1. The van der Waals surface area contributed by atoms with Gasteiger partial charge in [-0.3, -0.25) is 0 Å². The Labute approximate surface area is 104 Å². The van der Waals surface area contributed by atoms with Crippen molar-refractivity contribution >= 4 is 12.4 Å². The lowest BCUT2D eigenvalue weighted by molar-refractivity contribution is 0.182. The van der Waals surface area contributed by atoms with Crippen molar-refractivity contribution in [3.63, 3.8) is 0 Å². The van der Waals surface area contributed by atoms with Crippen molar-refractivity contribution in [2.45, 2.75) is 31.7 Å². The van der Waals surface area contributed by atoms with Crippen LogP contribution in [0.3, 0.4) is 0 Å². The average molecular weight is 242 g/mol. The van der Waals surface area contributed by atoms with Crippen molar-refractivity contribution in [1.29, 1.82) is 0 Å². The molecule has 1 N–H and O–H groups in total. The van der Waals surface area contributed by atoms with Crippen LogP contribution in [0.5, 0.6) is 5.75 Å². The third kappa shape index (κ3) is 2.89. The molecule has 0 radical (unpaired) electrons. The first-order valence-corrected chi connectivity index (χ1v) is 5.66. The SMILES string of the molecule is CC1CC(c2cccc(O)c2)CCN1C.Cl. The molecule has 2 nitrogen and oxygen atoms in total. The van der Waals surface area contributed by atoms with E-state index in [1.54, 1.807) is 6.07 Å². The van der Waals surface area contributed by atoms with E-state index in [1.807, 2.05) is 12.1 Å². The van der Waals surface area contributed by atoms with Crippen LogP contribution in [0.1, 0.15) is 31.2 Å². The van der Waals surface area contributed by atoms with Crippen molar-refractivity contribution in [2.75, 3.05) is 13.6 Å². The van der Waals surface area contributed by atoms with Crippen LogP contribution in [0.2, 0.25) is 0 Å². The summed E-state index contributed by atoms with van der Waals surface area (Å²) in [7, 11) is 2.18. The molecule has 90 valence electrons. The molecule has 1 fully saturated rings. The highest BCUT2D eigenvalue weighted by Crippen LogP contribution is 2.31. The highest BCUT2D eigenvalue weighted by molar-refractivity contribution is 5.85. The lowest BCUT2D eigenvalue weighted by Crippen LogP contribution is -2.36. The molecule has 1 aliphatic rings. The molecule has 0 aromatic heterocycles. The molecule has 1 saturated heterocycles. The Balaban J connectivity index is 0.00000128. The van der Waals surface area contributed by atoms with Crippen molar-refractivity contribution in [2.24, 2.45) is 0 Å². The fraction of sp³-hybridized carbons (Fsp3) is 0.538. The summed E-state index contributed by atoms with van der Waals surface area (Å²) in [6, 6.07) is 8.35. The molecular formula is C13H20ClNO. The van der Waals surface area contributed by atoms with Gasteiger partial charge < -0.3 is 10.0 Å². The van der Waals surface area contributed by atoms with Crippen LogP contribution in [0.4, 0.5) is 0 Å². The maximum absolute atomic E-state index is 9.45. The Kier molecular flexibility index (Phi) is 4.63. The first-order valence-electron chi connectivity index (χ1n) is 5.66. The Hall–Kier alpha value is -0.730. The number of rotatable bonds is 1. The monoisotopic (exact) mass is 241 g/mol. The molecule has 0 bridgehead atoms. The molecule has 0 aliphatic carbocycles. The van der Waals surface area contributed by atoms with Gasteiger partial charge in [0, 0.05) is 6.04 Å². The fourth-order valence-corrected chi connectivity index (χ4v) is 2.37. The van der Waals surface area contributed by atoms with Crippen LogP contribution < -0.4 is 0 Å². The second-order valence-electron chi connectivity index (χ2n) is 4.65. The van der Waals surface area contributed by atoms with Gasteiger partial charge in [0.1, 0.15) is 5.75 Å². The topological polar surface area (TPSA) is 23.5 Å². The molecule has 0 amide bonds. The summed E-state index contributed by atoms with van der Waals surface area (Å²) in [6.45, 7) is 3.43. The van der Waals surface area contributed by atoms with Gasteiger partial charge in [0.2, 0.25) is 0 Å². The number of halogens is 1. The zero-order valence-corrected chi connectivity index (χ0v) is 10.7. The third-order valence-electron chi connectivity index (χ3n) is 3.55.